The molecule has 0 aliphatic rings. The van der Waals surface area contributed by atoms with Crippen LogP contribution < -0.4 is 10.6 Å². The predicted molar refractivity (Wildman–Crippen MR) is 59.1 cm³/mol. The molecule has 1 aromatic heterocycles. The largest absolute Gasteiger partial charge is 0.389 e. The molecule has 1 atom stereocenters. The van der Waals surface area contributed by atoms with Crippen LogP contribution in [-0.4, -0.2) is 42.5 Å². The molecule has 1 heterocycles. The number of aliphatic hydroxyl groups excluding tert-OH is 1. The Kier molecular flexibility index (Phi) is 5.24. The number of carbonyl (C=O) groups excluding carboxylic acids is 1. The molecule has 0 spiro atoms. The first-order valence-corrected chi connectivity index (χ1v) is 4.85. The van der Waals surface area contributed by atoms with Crippen LogP contribution in [0.25, 0.3) is 0 Å². The second kappa shape index (κ2) is 6.76. The molecular formula is C10H15N3O3. The van der Waals surface area contributed by atoms with Crippen molar-refractivity contribution in [3.8, 4) is 0 Å². The molecule has 0 bridgehead atoms. The standard InChI is InChI=1S/C10H15N3O3/c1-16-7-8(14)6-12-10(15)13-9-4-2-3-5-11-9/h2-5,8,14H,6-7H2,1H3,(H2,11,12,13,15)/t8-/m1/s1. The predicted octanol–water partition coefficient (Wildman–Crippen LogP) is 0.210. The number of amides is 2. The number of nitrogens with zero attached hydrogens (tertiary/aromatic N) is 1. The van der Waals surface area contributed by atoms with Crippen LogP contribution in [0.3, 0.4) is 0 Å². The summed E-state index contributed by atoms with van der Waals surface area (Å²) in [5, 5.41) is 14.3. The van der Waals surface area contributed by atoms with Crippen molar-refractivity contribution in [1.82, 2.24) is 10.3 Å². The van der Waals surface area contributed by atoms with Crippen LogP contribution in [0, 0.1) is 0 Å². The van der Waals surface area contributed by atoms with E-state index in [1.807, 2.05) is 0 Å². The summed E-state index contributed by atoms with van der Waals surface area (Å²) in [5.74, 6) is 0.459. The van der Waals surface area contributed by atoms with Crippen molar-refractivity contribution in [3.05, 3.63) is 24.4 Å². The Bertz CT molecular complexity index is 318. The third-order valence-electron chi connectivity index (χ3n) is 1.76. The molecule has 6 heteroatoms. The van der Waals surface area contributed by atoms with Crippen molar-refractivity contribution < 1.29 is 14.6 Å². The summed E-state index contributed by atoms with van der Waals surface area (Å²) in [7, 11) is 1.48. The fraction of sp³-hybridized carbons (Fsp3) is 0.400. The zero-order valence-corrected chi connectivity index (χ0v) is 9.01. The molecule has 0 fully saturated rings. The zero-order chi connectivity index (χ0) is 11.8. The van der Waals surface area contributed by atoms with E-state index in [0.717, 1.165) is 0 Å². The van der Waals surface area contributed by atoms with Gasteiger partial charge in [0.05, 0.1) is 12.7 Å². The number of pyridine rings is 1. The number of urea groups is 1. The first kappa shape index (κ1) is 12.4. The summed E-state index contributed by atoms with van der Waals surface area (Å²) in [6.45, 7) is 0.316. The number of hydrogen-bond acceptors (Lipinski definition) is 4. The smallest absolute Gasteiger partial charge is 0.320 e. The molecule has 0 aliphatic heterocycles. The molecular weight excluding hydrogens is 210 g/mol. The fourth-order valence-corrected chi connectivity index (χ4v) is 1.06. The summed E-state index contributed by atoms with van der Waals surface area (Å²) >= 11 is 0. The molecule has 0 aliphatic carbocycles. The Morgan fingerprint density at radius 1 is 1.62 bits per heavy atom. The Morgan fingerprint density at radius 2 is 2.44 bits per heavy atom. The molecule has 88 valence electrons. The number of anilines is 1. The number of rotatable bonds is 5. The highest BCUT2D eigenvalue weighted by atomic mass is 16.5. The molecule has 0 aromatic carbocycles. The Labute approximate surface area is 93.6 Å². The monoisotopic (exact) mass is 225 g/mol. The van der Waals surface area contributed by atoms with Gasteiger partial charge in [0.2, 0.25) is 0 Å². The van der Waals surface area contributed by atoms with Crippen LogP contribution in [0.2, 0.25) is 0 Å². The van der Waals surface area contributed by atoms with Crippen molar-refractivity contribution in [2.75, 3.05) is 25.6 Å². The van der Waals surface area contributed by atoms with Gasteiger partial charge >= 0.3 is 6.03 Å². The van der Waals surface area contributed by atoms with Gasteiger partial charge in [-0.15, -0.1) is 0 Å². The summed E-state index contributed by atoms with van der Waals surface area (Å²) < 4.78 is 4.72. The van der Waals surface area contributed by atoms with Gasteiger partial charge in [-0.05, 0) is 12.1 Å². The third-order valence-corrected chi connectivity index (χ3v) is 1.76. The number of aromatic nitrogens is 1. The van der Waals surface area contributed by atoms with E-state index >= 15 is 0 Å². The normalized spacial score (nSPS) is 11.9. The van der Waals surface area contributed by atoms with Crippen LogP contribution >= 0.6 is 0 Å². The molecule has 0 unspecified atom stereocenters. The van der Waals surface area contributed by atoms with Crippen molar-refractivity contribution >= 4 is 11.8 Å². The highest BCUT2D eigenvalue weighted by molar-refractivity contribution is 5.88. The van der Waals surface area contributed by atoms with E-state index in [2.05, 4.69) is 15.6 Å². The molecule has 1 rings (SSSR count). The van der Waals surface area contributed by atoms with Crippen molar-refractivity contribution in [2.24, 2.45) is 0 Å². The third kappa shape index (κ3) is 4.72. The minimum absolute atomic E-state index is 0.131. The molecule has 3 N–H and O–H groups in total. The molecule has 0 radical (unpaired) electrons. The van der Waals surface area contributed by atoms with E-state index in [9.17, 15) is 9.90 Å². The number of ether oxygens (including phenoxy) is 1. The fourth-order valence-electron chi connectivity index (χ4n) is 1.06. The van der Waals surface area contributed by atoms with Crippen LogP contribution in [0.4, 0.5) is 10.6 Å². The lowest BCUT2D eigenvalue weighted by Crippen LogP contribution is -2.37. The summed E-state index contributed by atoms with van der Waals surface area (Å²) in [5.41, 5.74) is 0. The molecule has 6 nitrogen and oxygen atoms in total. The maximum atomic E-state index is 11.3. The Balaban J connectivity index is 2.26. The van der Waals surface area contributed by atoms with E-state index < -0.39 is 12.1 Å². The van der Waals surface area contributed by atoms with Gasteiger partial charge in [0.15, 0.2) is 0 Å². The minimum atomic E-state index is -0.709. The highest BCUT2D eigenvalue weighted by Crippen LogP contribution is 1.98. The maximum Gasteiger partial charge on any atom is 0.320 e. The van der Waals surface area contributed by atoms with Gasteiger partial charge < -0.3 is 15.2 Å². The van der Waals surface area contributed by atoms with Gasteiger partial charge in [-0.1, -0.05) is 6.07 Å². The Morgan fingerprint density at radius 3 is 3.06 bits per heavy atom. The number of aliphatic hydroxyl groups is 1. The average molecular weight is 225 g/mol. The van der Waals surface area contributed by atoms with Crippen molar-refractivity contribution in [1.29, 1.82) is 0 Å². The van der Waals surface area contributed by atoms with Crippen LogP contribution in [0.15, 0.2) is 24.4 Å². The number of hydrogen-bond donors (Lipinski definition) is 3. The van der Waals surface area contributed by atoms with Crippen LogP contribution in [0.5, 0.6) is 0 Å². The van der Waals surface area contributed by atoms with Crippen molar-refractivity contribution in [3.63, 3.8) is 0 Å². The van der Waals surface area contributed by atoms with E-state index in [1.54, 1.807) is 24.4 Å². The highest BCUT2D eigenvalue weighted by Gasteiger charge is 2.06. The van der Waals surface area contributed by atoms with E-state index in [0.29, 0.717) is 5.82 Å². The quantitative estimate of drug-likeness (QED) is 0.669. The lowest BCUT2D eigenvalue weighted by molar-refractivity contribution is 0.0663. The topological polar surface area (TPSA) is 83.5 Å². The molecule has 0 saturated heterocycles. The molecule has 1 aromatic rings. The van der Waals surface area contributed by atoms with Crippen molar-refractivity contribution in [2.45, 2.75) is 6.10 Å². The van der Waals surface area contributed by atoms with Gasteiger partial charge in [-0.3, -0.25) is 5.32 Å². The lowest BCUT2D eigenvalue weighted by Gasteiger charge is -2.11. The van der Waals surface area contributed by atoms with Gasteiger partial charge in [0.1, 0.15) is 5.82 Å². The maximum absolute atomic E-state index is 11.3. The number of nitrogens with one attached hydrogen (secondary N) is 2. The van der Waals surface area contributed by atoms with Crippen LogP contribution in [0.1, 0.15) is 0 Å². The average Bonchev–Trinajstić information content (AvgIpc) is 2.28. The summed E-state index contributed by atoms with van der Waals surface area (Å²) in [4.78, 5) is 15.2. The summed E-state index contributed by atoms with van der Waals surface area (Å²) in [6, 6.07) is 4.78. The van der Waals surface area contributed by atoms with Gasteiger partial charge in [0.25, 0.3) is 0 Å². The number of carbonyl (C=O) groups is 1. The van der Waals surface area contributed by atoms with Crippen LogP contribution in [-0.2, 0) is 4.74 Å². The number of methoxy groups -OCH3 is 1. The first-order chi connectivity index (χ1) is 7.72. The molecule has 0 saturated carbocycles. The SMILES string of the molecule is COC[C@H](O)CNC(=O)Nc1ccccn1. The molecule has 2 amide bonds. The second-order valence-corrected chi connectivity index (χ2v) is 3.16. The van der Waals surface area contributed by atoms with E-state index in [4.69, 9.17) is 4.74 Å². The van der Waals surface area contributed by atoms with Gasteiger partial charge in [0, 0.05) is 19.9 Å². The summed E-state index contributed by atoms with van der Waals surface area (Å²) in [6.07, 6.45) is 0.870. The minimum Gasteiger partial charge on any atom is -0.389 e. The molecule has 16 heavy (non-hydrogen) atoms. The second-order valence-electron chi connectivity index (χ2n) is 3.16. The Hall–Kier alpha value is -1.66. The van der Waals surface area contributed by atoms with Gasteiger partial charge in [-0.25, -0.2) is 9.78 Å². The zero-order valence-electron chi connectivity index (χ0n) is 9.01. The first-order valence-electron chi connectivity index (χ1n) is 4.85. The van der Waals surface area contributed by atoms with E-state index in [1.165, 1.54) is 7.11 Å². The lowest BCUT2D eigenvalue weighted by atomic mass is 10.4. The van der Waals surface area contributed by atoms with E-state index in [-0.39, 0.29) is 13.2 Å². The van der Waals surface area contributed by atoms with Gasteiger partial charge in [-0.2, -0.15) is 0 Å².